The Labute approximate surface area is 196 Å². The lowest BCUT2D eigenvalue weighted by Crippen LogP contribution is -2.42. The summed E-state index contributed by atoms with van der Waals surface area (Å²) in [5.74, 6) is 0.211. The third-order valence-corrected chi connectivity index (χ3v) is 11.4. The number of thioether (sulfide) groups is 1. The Hall–Kier alpha value is -2.16. The van der Waals surface area contributed by atoms with Gasteiger partial charge in [-0.05, 0) is 54.7 Å². The molecule has 5 nitrogen and oxygen atoms in total. The maximum absolute atomic E-state index is 13.6. The zero-order valence-corrected chi connectivity index (χ0v) is 19.6. The molecule has 1 saturated heterocycles. The molecule has 2 aromatic heterocycles. The van der Waals surface area contributed by atoms with Crippen LogP contribution in [0.15, 0.2) is 51.6 Å². The van der Waals surface area contributed by atoms with Gasteiger partial charge >= 0.3 is 4.87 Å². The summed E-state index contributed by atoms with van der Waals surface area (Å²) < 4.78 is 0. The van der Waals surface area contributed by atoms with Gasteiger partial charge in [-0.15, -0.1) is 23.1 Å². The minimum absolute atomic E-state index is 0.0192. The zero-order valence-electron chi connectivity index (χ0n) is 17.2. The number of nitrogens with zero attached hydrogens (tertiary/aromatic N) is 1. The first kappa shape index (κ1) is 19.3. The summed E-state index contributed by atoms with van der Waals surface area (Å²) in [6.07, 6.45) is 0.929. The number of benzene rings is 1. The van der Waals surface area contributed by atoms with Crippen molar-refractivity contribution in [2.45, 2.75) is 29.5 Å². The normalized spacial score (nSPS) is 34.7. The summed E-state index contributed by atoms with van der Waals surface area (Å²) >= 11 is 4.77. The van der Waals surface area contributed by atoms with Crippen molar-refractivity contribution < 1.29 is 9.59 Å². The molecule has 2 saturated carbocycles. The molecule has 7 rings (SSSR count). The van der Waals surface area contributed by atoms with Crippen molar-refractivity contribution in [3.63, 3.8) is 0 Å². The Morgan fingerprint density at radius 2 is 1.75 bits per heavy atom. The summed E-state index contributed by atoms with van der Waals surface area (Å²) in [7, 11) is 0. The topological polar surface area (TPSA) is 70.2 Å². The molecule has 7 atom stereocenters. The summed E-state index contributed by atoms with van der Waals surface area (Å²) in [6, 6.07) is 11.9. The number of hydrogen-bond acceptors (Lipinski definition) is 6. The van der Waals surface area contributed by atoms with Crippen LogP contribution in [0.25, 0.3) is 0 Å². The number of imide groups is 1. The van der Waals surface area contributed by atoms with Gasteiger partial charge in [0.25, 0.3) is 0 Å². The van der Waals surface area contributed by atoms with E-state index in [9.17, 15) is 14.4 Å². The van der Waals surface area contributed by atoms with Gasteiger partial charge in [0.1, 0.15) is 0 Å². The quantitative estimate of drug-likeness (QED) is 0.549. The van der Waals surface area contributed by atoms with E-state index in [1.54, 1.807) is 23.1 Å². The number of carbonyl (C=O) groups is 2. The molecule has 8 heteroatoms. The molecule has 1 aromatic carbocycles. The second kappa shape index (κ2) is 6.68. The standard InChI is InChI=1S/C24H20N2O3S3/c1-10-4-6-11(7-5-10)26-22(27)16-12-9-13(17(16)23(26)28)19-15(12)18(14-3-2-8-30-14)20-21(31-19)25-24(29)32-20/h2-8,12-13,15-19H,9H2,1H3,(H,25,29)/t12-,13-,15+,16-,17+,18-,19-/m1/s1. The van der Waals surface area contributed by atoms with Gasteiger partial charge < -0.3 is 4.98 Å². The second-order valence-electron chi connectivity index (χ2n) is 9.32. The number of aryl methyl sites for hydroxylation is 1. The molecule has 4 heterocycles. The molecule has 2 bridgehead atoms. The SMILES string of the molecule is Cc1ccc(N2C(=O)[C@@H]3[C@@H]4C[C@@H]([C@H]5Sc6[nH]c(=O)sc6[C@H](c6cccs6)[C@H]45)[C@@H]3C2=O)cc1. The number of hydrogen-bond donors (Lipinski definition) is 1. The lowest BCUT2D eigenvalue weighted by molar-refractivity contribution is -0.123. The zero-order chi connectivity index (χ0) is 21.7. The third-order valence-electron chi connectivity index (χ3n) is 7.87. The first-order valence-corrected chi connectivity index (χ1v) is 13.5. The smallest absolute Gasteiger partial charge is 0.305 e. The number of carbonyl (C=O) groups excluding carboxylic acids is 2. The molecule has 0 spiro atoms. The summed E-state index contributed by atoms with van der Waals surface area (Å²) in [5.41, 5.74) is 1.79. The lowest BCUT2D eigenvalue weighted by Gasteiger charge is -2.42. The number of aromatic nitrogens is 1. The number of thiazole rings is 1. The van der Waals surface area contributed by atoms with Crippen LogP contribution in [0.4, 0.5) is 5.69 Å². The molecule has 2 aliphatic carbocycles. The van der Waals surface area contributed by atoms with Crippen LogP contribution in [0.1, 0.15) is 27.7 Å². The van der Waals surface area contributed by atoms with Crippen molar-refractivity contribution in [1.29, 1.82) is 0 Å². The fourth-order valence-electron chi connectivity index (χ4n) is 6.75. The second-order valence-corrected chi connectivity index (χ2v) is 12.5. The molecule has 0 radical (unpaired) electrons. The van der Waals surface area contributed by atoms with Crippen LogP contribution < -0.4 is 9.77 Å². The summed E-state index contributed by atoms with van der Waals surface area (Å²) in [6.45, 7) is 2.00. The number of fused-ring (bicyclic) bond motifs is 9. The number of aromatic amines is 1. The Balaban J connectivity index is 1.32. The number of anilines is 1. The van der Waals surface area contributed by atoms with Gasteiger partial charge in [-0.2, -0.15) is 0 Å². The Kier molecular flexibility index (Phi) is 4.03. The van der Waals surface area contributed by atoms with E-state index < -0.39 is 0 Å². The number of thiophene rings is 1. The first-order chi connectivity index (χ1) is 15.5. The van der Waals surface area contributed by atoms with E-state index in [1.165, 1.54) is 21.1 Å². The van der Waals surface area contributed by atoms with Gasteiger partial charge in [-0.3, -0.25) is 19.3 Å². The molecule has 162 valence electrons. The van der Waals surface area contributed by atoms with Gasteiger partial charge in [-0.25, -0.2) is 0 Å². The lowest BCUT2D eigenvalue weighted by atomic mass is 9.69. The third kappa shape index (κ3) is 2.43. The van der Waals surface area contributed by atoms with E-state index >= 15 is 0 Å². The van der Waals surface area contributed by atoms with E-state index in [0.29, 0.717) is 5.69 Å². The van der Waals surface area contributed by atoms with Crippen LogP contribution >= 0.6 is 34.4 Å². The molecule has 3 aromatic rings. The molecule has 4 aliphatic rings. The van der Waals surface area contributed by atoms with Crippen LogP contribution in [0.3, 0.4) is 0 Å². The largest absolute Gasteiger partial charge is 0.307 e. The molecule has 2 aliphatic heterocycles. The molecule has 2 amide bonds. The Morgan fingerprint density at radius 1 is 1.00 bits per heavy atom. The van der Waals surface area contributed by atoms with Crippen molar-refractivity contribution in [2.75, 3.05) is 4.90 Å². The first-order valence-electron chi connectivity index (χ1n) is 10.9. The van der Waals surface area contributed by atoms with Crippen molar-refractivity contribution in [3.05, 3.63) is 66.8 Å². The average Bonchev–Trinajstić information content (AvgIpc) is 3.57. The van der Waals surface area contributed by atoms with E-state index in [2.05, 4.69) is 22.5 Å². The van der Waals surface area contributed by atoms with Crippen LogP contribution in [0.2, 0.25) is 0 Å². The van der Waals surface area contributed by atoms with Crippen molar-refractivity contribution in [1.82, 2.24) is 4.98 Å². The molecule has 0 unspecified atom stereocenters. The number of amides is 2. The minimum Gasteiger partial charge on any atom is -0.307 e. The van der Waals surface area contributed by atoms with E-state index in [4.69, 9.17) is 0 Å². The van der Waals surface area contributed by atoms with E-state index in [0.717, 1.165) is 21.9 Å². The highest BCUT2D eigenvalue weighted by Crippen LogP contribution is 2.68. The highest BCUT2D eigenvalue weighted by atomic mass is 32.2. The average molecular weight is 481 g/mol. The summed E-state index contributed by atoms with van der Waals surface area (Å²) in [4.78, 5) is 46.3. The van der Waals surface area contributed by atoms with Crippen LogP contribution in [0.5, 0.6) is 0 Å². The predicted octanol–water partition coefficient (Wildman–Crippen LogP) is 4.48. The van der Waals surface area contributed by atoms with Crippen molar-refractivity contribution >= 4 is 51.9 Å². The van der Waals surface area contributed by atoms with Crippen LogP contribution in [0, 0.1) is 36.5 Å². The molecular formula is C24H20N2O3S3. The number of rotatable bonds is 2. The van der Waals surface area contributed by atoms with Gasteiger partial charge in [-0.1, -0.05) is 35.1 Å². The predicted molar refractivity (Wildman–Crippen MR) is 126 cm³/mol. The van der Waals surface area contributed by atoms with Gasteiger partial charge in [0.2, 0.25) is 11.8 Å². The van der Waals surface area contributed by atoms with Gasteiger partial charge in [0.15, 0.2) is 0 Å². The molecule has 3 fully saturated rings. The molecular weight excluding hydrogens is 460 g/mol. The fraction of sp³-hybridized carbons (Fsp3) is 0.375. The highest BCUT2D eigenvalue weighted by Gasteiger charge is 2.69. The van der Waals surface area contributed by atoms with Crippen LogP contribution in [-0.2, 0) is 9.59 Å². The Bertz CT molecular complexity index is 1310. The monoisotopic (exact) mass is 480 g/mol. The Morgan fingerprint density at radius 3 is 2.47 bits per heavy atom. The maximum atomic E-state index is 13.6. The van der Waals surface area contributed by atoms with Crippen molar-refractivity contribution in [2.24, 2.45) is 29.6 Å². The van der Waals surface area contributed by atoms with E-state index in [1.807, 2.05) is 31.2 Å². The highest BCUT2D eigenvalue weighted by molar-refractivity contribution is 8.00. The maximum Gasteiger partial charge on any atom is 0.305 e. The van der Waals surface area contributed by atoms with Crippen LogP contribution in [-0.4, -0.2) is 22.0 Å². The number of nitrogens with one attached hydrogen (secondary N) is 1. The summed E-state index contributed by atoms with van der Waals surface area (Å²) in [5, 5.41) is 3.30. The van der Waals surface area contributed by atoms with Gasteiger partial charge in [0, 0.05) is 20.9 Å². The molecule has 32 heavy (non-hydrogen) atoms. The minimum atomic E-state index is -0.240. The fourth-order valence-corrected chi connectivity index (χ4v) is 10.6. The molecule has 1 N–H and O–H groups in total. The van der Waals surface area contributed by atoms with Crippen molar-refractivity contribution in [3.8, 4) is 0 Å². The number of H-pyrrole nitrogens is 1. The van der Waals surface area contributed by atoms with E-state index in [-0.39, 0.29) is 57.4 Å². The van der Waals surface area contributed by atoms with Gasteiger partial charge in [0.05, 0.1) is 22.5 Å².